The van der Waals surface area contributed by atoms with Gasteiger partial charge in [0.1, 0.15) is 11.5 Å². The first-order chi connectivity index (χ1) is 12.8. The van der Waals surface area contributed by atoms with Gasteiger partial charge >= 0.3 is 0 Å². The third-order valence-electron chi connectivity index (χ3n) is 3.33. The van der Waals surface area contributed by atoms with Gasteiger partial charge in [-0.1, -0.05) is 6.07 Å². The lowest BCUT2D eigenvalue weighted by Crippen LogP contribution is -2.21. The van der Waals surface area contributed by atoms with Crippen molar-refractivity contribution >= 4 is 28.9 Å². The van der Waals surface area contributed by atoms with E-state index in [9.17, 15) is 29.9 Å². The fraction of sp³-hybridized carbons (Fsp3) is 0.118. The summed E-state index contributed by atoms with van der Waals surface area (Å²) in [5, 5.41) is 35.8. The van der Waals surface area contributed by atoms with Crippen LogP contribution in [-0.2, 0) is 4.79 Å². The molecule has 0 saturated carbocycles. The van der Waals surface area contributed by atoms with Crippen molar-refractivity contribution in [2.24, 2.45) is 5.10 Å². The molecule has 0 fully saturated rings. The van der Waals surface area contributed by atoms with E-state index in [2.05, 4.69) is 15.8 Å². The van der Waals surface area contributed by atoms with Crippen molar-refractivity contribution in [1.82, 2.24) is 5.43 Å². The highest BCUT2D eigenvalue weighted by Crippen LogP contribution is 2.22. The number of non-ortho nitro benzene ring substituents is 1. The Morgan fingerprint density at radius 3 is 2.59 bits per heavy atom. The van der Waals surface area contributed by atoms with Gasteiger partial charge in [0.15, 0.2) is 0 Å². The summed E-state index contributed by atoms with van der Waals surface area (Å²) in [6, 6.07) is 8.94. The summed E-state index contributed by atoms with van der Waals surface area (Å²) in [4.78, 5) is 34.1. The van der Waals surface area contributed by atoms with Crippen LogP contribution in [-0.4, -0.2) is 32.7 Å². The van der Waals surface area contributed by atoms with E-state index < -0.39 is 22.5 Å². The van der Waals surface area contributed by atoms with E-state index in [0.29, 0.717) is 0 Å². The lowest BCUT2D eigenvalue weighted by Gasteiger charge is -2.06. The Hall–Kier alpha value is -3.95. The second-order valence-corrected chi connectivity index (χ2v) is 5.52. The summed E-state index contributed by atoms with van der Waals surface area (Å²) < 4.78 is 0. The third kappa shape index (κ3) is 5.53. The van der Waals surface area contributed by atoms with Crippen LogP contribution in [0.5, 0.6) is 11.5 Å². The number of benzene rings is 2. The second-order valence-electron chi connectivity index (χ2n) is 5.52. The molecule has 2 rings (SSSR count). The van der Waals surface area contributed by atoms with Crippen molar-refractivity contribution in [1.29, 1.82) is 0 Å². The largest absolute Gasteiger partial charge is 0.508 e. The molecule has 0 aliphatic carbocycles. The molecule has 2 amide bonds. The van der Waals surface area contributed by atoms with Crippen LogP contribution in [0.2, 0.25) is 0 Å². The van der Waals surface area contributed by atoms with Crippen molar-refractivity contribution in [3.63, 3.8) is 0 Å². The molecule has 10 nitrogen and oxygen atoms in total. The van der Waals surface area contributed by atoms with Crippen molar-refractivity contribution in [3.05, 3.63) is 58.1 Å². The van der Waals surface area contributed by atoms with E-state index in [-0.39, 0.29) is 34.8 Å². The standard InChI is InChI=1S/C17H16N4O6/c1-10(19-20-17(25)14-6-5-13(22)9-15(14)23)7-16(24)18-11-3-2-4-12(8-11)21(26)27/h2-6,8-9,22-23H,7H2,1H3,(H,18,24)(H,20,25)/b19-10+. The van der Waals surface area contributed by atoms with Crippen molar-refractivity contribution < 1.29 is 24.7 Å². The maximum absolute atomic E-state index is 12.0. The van der Waals surface area contributed by atoms with Gasteiger partial charge in [0.2, 0.25) is 5.91 Å². The molecule has 0 aliphatic rings. The number of hydrogen-bond donors (Lipinski definition) is 4. The lowest BCUT2D eigenvalue weighted by molar-refractivity contribution is -0.384. The lowest BCUT2D eigenvalue weighted by atomic mass is 10.2. The topological polar surface area (TPSA) is 154 Å². The predicted molar refractivity (Wildman–Crippen MR) is 96.7 cm³/mol. The minimum Gasteiger partial charge on any atom is -0.508 e. The molecular formula is C17H16N4O6. The molecule has 2 aromatic carbocycles. The fourth-order valence-corrected chi connectivity index (χ4v) is 2.09. The van der Waals surface area contributed by atoms with E-state index in [4.69, 9.17) is 0 Å². The Balaban J connectivity index is 1.94. The number of carbonyl (C=O) groups is 2. The highest BCUT2D eigenvalue weighted by Gasteiger charge is 2.12. The molecule has 10 heteroatoms. The van der Waals surface area contributed by atoms with Crippen molar-refractivity contribution in [2.75, 3.05) is 5.32 Å². The SMILES string of the molecule is C/C(CC(=O)Nc1cccc([N+](=O)[O-])c1)=N\NC(=O)c1ccc(O)cc1O. The maximum atomic E-state index is 12.0. The predicted octanol–water partition coefficient (Wildman–Crippen LogP) is 2.14. The van der Waals surface area contributed by atoms with Gasteiger partial charge in [-0.05, 0) is 25.1 Å². The molecule has 2 aromatic rings. The molecular weight excluding hydrogens is 356 g/mol. The molecule has 0 aliphatic heterocycles. The Morgan fingerprint density at radius 2 is 1.93 bits per heavy atom. The van der Waals surface area contributed by atoms with Gasteiger partial charge in [-0.15, -0.1) is 0 Å². The average Bonchev–Trinajstić information content (AvgIpc) is 2.59. The first kappa shape index (κ1) is 19.4. The summed E-state index contributed by atoms with van der Waals surface area (Å²) >= 11 is 0. The van der Waals surface area contributed by atoms with E-state index in [1.54, 1.807) is 0 Å². The zero-order valence-electron chi connectivity index (χ0n) is 14.2. The van der Waals surface area contributed by atoms with Crippen LogP contribution < -0.4 is 10.7 Å². The minimum atomic E-state index is -0.717. The highest BCUT2D eigenvalue weighted by atomic mass is 16.6. The number of phenols is 2. The van der Waals surface area contributed by atoms with Crippen LogP contribution >= 0.6 is 0 Å². The second kappa shape index (κ2) is 8.43. The van der Waals surface area contributed by atoms with E-state index >= 15 is 0 Å². The number of phenolic OH excluding ortho intramolecular Hbond substituents is 2. The number of nitrogens with zero attached hydrogens (tertiary/aromatic N) is 2. The first-order valence-corrected chi connectivity index (χ1v) is 7.66. The van der Waals surface area contributed by atoms with Gasteiger partial charge in [-0.2, -0.15) is 5.10 Å². The minimum absolute atomic E-state index is 0.0922. The van der Waals surface area contributed by atoms with Crippen molar-refractivity contribution in [2.45, 2.75) is 13.3 Å². The molecule has 140 valence electrons. The molecule has 27 heavy (non-hydrogen) atoms. The number of rotatable bonds is 6. The van der Waals surface area contributed by atoms with Gasteiger partial charge in [0, 0.05) is 29.6 Å². The van der Waals surface area contributed by atoms with Gasteiger partial charge in [-0.3, -0.25) is 19.7 Å². The number of nitrogens with one attached hydrogen (secondary N) is 2. The molecule has 0 bridgehead atoms. The van der Waals surface area contributed by atoms with Crippen LogP contribution in [0.3, 0.4) is 0 Å². The third-order valence-corrected chi connectivity index (χ3v) is 3.33. The number of hydrogen-bond acceptors (Lipinski definition) is 7. The van der Waals surface area contributed by atoms with E-state index in [1.165, 1.54) is 43.3 Å². The molecule has 0 saturated heterocycles. The Morgan fingerprint density at radius 1 is 1.19 bits per heavy atom. The summed E-state index contributed by atoms with van der Waals surface area (Å²) in [6.45, 7) is 1.50. The molecule has 0 spiro atoms. The summed E-state index contributed by atoms with van der Waals surface area (Å²) in [5.74, 6) is -1.80. The monoisotopic (exact) mass is 372 g/mol. The number of aromatic hydroxyl groups is 2. The van der Waals surface area contributed by atoms with E-state index in [1.807, 2.05) is 0 Å². The van der Waals surface area contributed by atoms with Crippen molar-refractivity contribution in [3.8, 4) is 11.5 Å². The molecule has 0 heterocycles. The van der Waals surface area contributed by atoms with Gasteiger partial charge in [0.25, 0.3) is 11.6 Å². The zero-order chi connectivity index (χ0) is 20.0. The van der Waals surface area contributed by atoms with Crippen LogP contribution in [0.15, 0.2) is 47.6 Å². The quantitative estimate of drug-likeness (QED) is 0.346. The van der Waals surface area contributed by atoms with Crippen LogP contribution in [0, 0.1) is 10.1 Å². The highest BCUT2D eigenvalue weighted by molar-refractivity contribution is 6.06. The summed E-state index contributed by atoms with van der Waals surface area (Å²) in [6.07, 6.45) is -0.162. The first-order valence-electron chi connectivity index (χ1n) is 7.66. The molecule has 0 atom stereocenters. The maximum Gasteiger partial charge on any atom is 0.275 e. The number of amides is 2. The molecule has 0 aromatic heterocycles. The van der Waals surface area contributed by atoms with Crippen LogP contribution in [0.4, 0.5) is 11.4 Å². The molecule has 0 radical (unpaired) electrons. The van der Waals surface area contributed by atoms with Crippen LogP contribution in [0.1, 0.15) is 23.7 Å². The Labute approximate surface area is 153 Å². The van der Waals surface area contributed by atoms with Gasteiger partial charge < -0.3 is 15.5 Å². The summed E-state index contributed by atoms with van der Waals surface area (Å²) in [5.41, 5.74) is 2.48. The summed E-state index contributed by atoms with van der Waals surface area (Å²) in [7, 11) is 0. The van der Waals surface area contributed by atoms with Gasteiger partial charge in [-0.25, -0.2) is 5.43 Å². The van der Waals surface area contributed by atoms with E-state index in [0.717, 1.165) is 6.07 Å². The Bertz CT molecular complexity index is 925. The Kier molecular flexibility index (Phi) is 6.05. The number of hydrazone groups is 1. The number of carbonyl (C=O) groups excluding carboxylic acids is 2. The zero-order valence-corrected chi connectivity index (χ0v) is 14.2. The average molecular weight is 372 g/mol. The smallest absolute Gasteiger partial charge is 0.275 e. The van der Waals surface area contributed by atoms with Gasteiger partial charge in [0.05, 0.1) is 16.9 Å². The fourth-order valence-electron chi connectivity index (χ4n) is 2.09. The van der Waals surface area contributed by atoms with Crippen LogP contribution in [0.25, 0.3) is 0 Å². The normalized spacial score (nSPS) is 10.9. The number of anilines is 1. The number of nitro benzene ring substituents is 1. The molecule has 0 unspecified atom stereocenters. The molecule has 4 N–H and O–H groups in total. The number of nitro groups is 1.